The fourth-order valence-electron chi connectivity index (χ4n) is 2.32. The molecule has 1 aromatic heterocycles. The van der Waals surface area contributed by atoms with E-state index in [0.717, 1.165) is 4.88 Å². The summed E-state index contributed by atoms with van der Waals surface area (Å²) in [5.41, 5.74) is 0. The van der Waals surface area contributed by atoms with Gasteiger partial charge in [-0.15, -0.1) is 11.3 Å². The number of nitrogens with one attached hydrogen (secondary N) is 2. The highest BCUT2D eigenvalue weighted by atomic mass is 32.2. The van der Waals surface area contributed by atoms with Crippen molar-refractivity contribution in [3.63, 3.8) is 0 Å². The van der Waals surface area contributed by atoms with Crippen molar-refractivity contribution < 1.29 is 13.2 Å². The SMILES string of the molecule is Cc1ccc(CNC(=O)NC2CCN(S(C)(=O)=O)CC2)s1. The summed E-state index contributed by atoms with van der Waals surface area (Å²) in [5, 5.41) is 5.73. The molecule has 0 spiro atoms. The molecule has 2 N–H and O–H groups in total. The van der Waals surface area contributed by atoms with Crippen molar-refractivity contribution in [1.29, 1.82) is 0 Å². The first-order chi connectivity index (χ1) is 9.84. The molecule has 1 saturated heterocycles. The molecular weight excluding hydrogens is 310 g/mol. The molecule has 6 nitrogen and oxygen atoms in total. The maximum absolute atomic E-state index is 11.8. The first kappa shape index (κ1) is 16.3. The normalized spacial score (nSPS) is 17.6. The molecular formula is C13H21N3O3S2. The Labute approximate surface area is 129 Å². The van der Waals surface area contributed by atoms with Gasteiger partial charge in [0.25, 0.3) is 0 Å². The number of rotatable bonds is 4. The smallest absolute Gasteiger partial charge is 0.315 e. The summed E-state index contributed by atoms with van der Waals surface area (Å²) < 4.78 is 24.3. The highest BCUT2D eigenvalue weighted by molar-refractivity contribution is 7.88. The van der Waals surface area contributed by atoms with E-state index in [0.29, 0.717) is 32.5 Å². The number of hydrogen-bond donors (Lipinski definition) is 2. The third kappa shape index (κ3) is 4.98. The van der Waals surface area contributed by atoms with E-state index in [-0.39, 0.29) is 12.1 Å². The van der Waals surface area contributed by atoms with Gasteiger partial charge >= 0.3 is 6.03 Å². The number of piperidine rings is 1. The highest BCUT2D eigenvalue weighted by Gasteiger charge is 2.25. The molecule has 2 amide bonds. The number of thiophene rings is 1. The Balaban J connectivity index is 1.72. The summed E-state index contributed by atoms with van der Waals surface area (Å²) in [7, 11) is -3.12. The molecule has 0 bridgehead atoms. The predicted molar refractivity (Wildman–Crippen MR) is 83.9 cm³/mol. The van der Waals surface area contributed by atoms with Crippen molar-refractivity contribution in [2.45, 2.75) is 32.4 Å². The van der Waals surface area contributed by atoms with Crippen LogP contribution in [0, 0.1) is 6.92 Å². The van der Waals surface area contributed by atoms with E-state index in [1.165, 1.54) is 15.4 Å². The molecule has 2 rings (SSSR count). The van der Waals surface area contributed by atoms with Crippen molar-refractivity contribution in [3.05, 3.63) is 21.9 Å². The molecule has 2 heterocycles. The van der Waals surface area contributed by atoms with Crippen LogP contribution < -0.4 is 10.6 Å². The second-order valence-electron chi connectivity index (χ2n) is 5.28. The molecule has 1 aliphatic rings. The lowest BCUT2D eigenvalue weighted by molar-refractivity contribution is 0.227. The second kappa shape index (κ2) is 6.76. The fourth-order valence-corrected chi connectivity index (χ4v) is 4.02. The summed E-state index contributed by atoms with van der Waals surface area (Å²) in [4.78, 5) is 14.2. The summed E-state index contributed by atoms with van der Waals surface area (Å²) in [6, 6.07) is 3.87. The maximum Gasteiger partial charge on any atom is 0.315 e. The van der Waals surface area contributed by atoms with Crippen LogP contribution in [-0.4, -0.2) is 44.1 Å². The third-order valence-corrected chi connectivity index (χ3v) is 5.78. The molecule has 0 aromatic carbocycles. The van der Waals surface area contributed by atoms with Gasteiger partial charge in [0.1, 0.15) is 0 Å². The number of urea groups is 1. The molecule has 0 saturated carbocycles. The lowest BCUT2D eigenvalue weighted by Crippen LogP contribution is -2.48. The molecule has 0 atom stereocenters. The van der Waals surface area contributed by atoms with Crippen LogP contribution in [0.3, 0.4) is 0 Å². The number of amides is 2. The van der Waals surface area contributed by atoms with Crippen LogP contribution in [0.4, 0.5) is 4.79 Å². The molecule has 1 aliphatic heterocycles. The molecule has 118 valence electrons. The predicted octanol–water partition coefficient (Wildman–Crippen LogP) is 1.28. The van der Waals surface area contributed by atoms with Gasteiger partial charge < -0.3 is 10.6 Å². The van der Waals surface area contributed by atoms with Gasteiger partial charge in [0.05, 0.1) is 12.8 Å². The molecule has 1 aromatic rings. The zero-order chi connectivity index (χ0) is 15.5. The minimum absolute atomic E-state index is 0.0353. The molecule has 1 fully saturated rings. The van der Waals surface area contributed by atoms with Gasteiger partial charge in [-0.25, -0.2) is 17.5 Å². The lowest BCUT2D eigenvalue weighted by atomic mass is 10.1. The quantitative estimate of drug-likeness (QED) is 0.872. The number of aryl methyl sites for hydroxylation is 1. The van der Waals surface area contributed by atoms with Gasteiger partial charge in [-0.05, 0) is 31.9 Å². The van der Waals surface area contributed by atoms with Gasteiger partial charge in [-0.3, -0.25) is 0 Å². The Bertz CT molecular complexity index is 590. The van der Waals surface area contributed by atoms with Crippen molar-refractivity contribution in [2.24, 2.45) is 0 Å². The molecule has 0 unspecified atom stereocenters. The topological polar surface area (TPSA) is 78.5 Å². The summed E-state index contributed by atoms with van der Waals surface area (Å²) in [6.07, 6.45) is 2.52. The molecule has 0 radical (unpaired) electrons. The van der Waals surface area contributed by atoms with Crippen LogP contribution >= 0.6 is 11.3 Å². The first-order valence-electron chi connectivity index (χ1n) is 6.89. The number of nitrogens with zero attached hydrogens (tertiary/aromatic N) is 1. The number of hydrogen-bond acceptors (Lipinski definition) is 4. The molecule has 0 aliphatic carbocycles. The van der Waals surface area contributed by atoms with E-state index in [1.54, 1.807) is 11.3 Å². The summed E-state index contributed by atoms with van der Waals surface area (Å²) in [5.74, 6) is 0. The van der Waals surface area contributed by atoms with Gasteiger partial charge in [0.2, 0.25) is 10.0 Å². The van der Waals surface area contributed by atoms with Crippen molar-refractivity contribution in [1.82, 2.24) is 14.9 Å². The van der Waals surface area contributed by atoms with Crippen molar-refractivity contribution >= 4 is 27.4 Å². The van der Waals surface area contributed by atoms with Crippen LogP contribution in [0.25, 0.3) is 0 Å². The average Bonchev–Trinajstić information content (AvgIpc) is 2.82. The van der Waals surface area contributed by atoms with E-state index in [9.17, 15) is 13.2 Å². The summed E-state index contributed by atoms with van der Waals surface area (Å²) in [6.45, 7) is 3.48. The zero-order valence-corrected chi connectivity index (χ0v) is 13.9. The van der Waals surface area contributed by atoms with Crippen LogP contribution in [-0.2, 0) is 16.6 Å². The zero-order valence-electron chi connectivity index (χ0n) is 12.3. The Hall–Kier alpha value is -1.12. The first-order valence-corrected chi connectivity index (χ1v) is 9.56. The third-order valence-electron chi connectivity index (χ3n) is 3.48. The fraction of sp³-hybridized carbons (Fsp3) is 0.615. The molecule has 8 heteroatoms. The van der Waals surface area contributed by atoms with E-state index < -0.39 is 10.0 Å². The van der Waals surface area contributed by atoms with E-state index >= 15 is 0 Å². The van der Waals surface area contributed by atoms with Gasteiger partial charge in [0.15, 0.2) is 0 Å². The van der Waals surface area contributed by atoms with Gasteiger partial charge in [-0.2, -0.15) is 0 Å². The van der Waals surface area contributed by atoms with Crippen LogP contribution in [0.1, 0.15) is 22.6 Å². The minimum atomic E-state index is -3.12. The second-order valence-corrected chi connectivity index (χ2v) is 8.63. The lowest BCUT2D eigenvalue weighted by Gasteiger charge is -2.30. The van der Waals surface area contributed by atoms with Crippen LogP contribution in [0.2, 0.25) is 0 Å². The monoisotopic (exact) mass is 331 g/mol. The van der Waals surface area contributed by atoms with Gasteiger partial charge in [0, 0.05) is 28.9 Å². The Morgan fingerprint density at radius 2 is 2.05 bits per heavy atom. The standard InChI is InChI=1S/C13H21N3O3S2/c1-10-3-4-12(20-10)9-14-13(17)15-11-5-7-16(8-6-11)21(2,18)19/h3-4,11H,5-9H2,1-2H3,(H2,14,15,17). The van der Waals surface area contributed by atoms with Crippen molar-refractivity contribution in [3.8, 4) is 0 Å². The highest BCUT2D eigenvalue weighted by Crippen LogP contribution is 2.15. The maximum atomic E-state index is 11.8. The van der Waals surface area contributed by atoms with Crippen molar-refractivity contribution in [2.75, 3.05) is 19.3 Å². The van der Waals surface area contributed by atoms with E-state index in [1.807, 2.05) is 19.1 Å². The number of carbonyl (C=O) groups excluding carboxylic acids is 1. The number of carbonyl (C=O) groups is 1. The van der Waals surface area contributed by atoms with Crippen LogP contribution in [0.5, 0.6) is 0 Å². The minimum Gasteiger partial charge on any atom is -0.335 e. The Kier molecular flexibility index (Phi) is 5.23. The van der Waals surface area contributed by atoms with E-state index in [4.69, 9.17) is 0 Å². The summed E-state index contributed by atoms with van der Waals surface area (Å²) >= 11 is 1.66. The van der Waals surface area contributed by atoms with E-state index in [2.05, 4.69) is 10.6 Å². The van der Waals surface area contributed by atoms with Gasteiger partial charge in [-0.1, -0.05) is 0 Å². The number of sulfonamides is 1. The Morgan fingerprint density at radius 1 is 1.38 bits per heavy atom. The molecule has 21 heavy (non-hydrogen) atoms. The Morgan fingerprint density at radius 3 is 2.57 bits per heavy atom. The largest absolute Gasteiger partial charge is 0.335 e. The van der Waals surface area contributed by atoms with Crippen LogP contribution in [0.15, 0.2) is 12.1 Å². The average molecular weight is 331 g/mol.